The van der Waals surface area contributed by atoms with E-state index in [0.29, 0.717) is 30.7 Å². The molecule has 2 fully saturated rings. The molecule has 2 aromatic heterocycles. The Morgan fingerprint density at radius 3 is 2.53 bits per heavy atom. The molecule has 1 amide bonds. The maximum atomic E-state index is 15.7. The van der Waals surface area contributed by atoms with Gasteiger partial charge in [0.1, 0.15) is 11.3 Å². The molecular weight excluding hydrogens is 444 g/mol. The standard InChI is InChI=1S/C25H33F2N3O4/c1-22(2)14-23(3,4)16-24(33,15-22)25(26,27)21(32)30-11-7-8-19(30)18-12-17(34-28-18)13-29-10-6-5-9-20(29)31/h5-6,9-10,12,19,33H,7-8,11,13-16H2,1-4H3/t19-/m0/s1. The fourth-order valence-corrected chi connectivity index (χ4v) is 6.30. The third kappa shape index (κ3) is 4.54. The average Bonchev–Trinajstić information content (AvgIpc) is 3.35. The number of amides is 1. The molecule has 0 bridgehead atoms. The highest BCUT2D eigenvalue weighted by Gasteiger charge is 2.65. The quantitative estimate of drug-likeness (QED) is 0.699. The van der Waals surface area contributed by atoms with Crippen LogP contribution in [0.2, 0.25) is 0 Å². The molecule has 2 aromatic rings. The summed E-state index contributed by atoms with van der Waals surface area (Å²) in [5.41, 5.74) is -3.31. The molecule has 34 heavy (non-hydrogen) atoms. The van der Waals surface area contributed by atoms with E-state index in [4.69, 9.17) is 4.52 Å². The van der Waals surface area contributed by atoms with Gasteiger partial charge >= 0.3 is 5.92 Å². The number of aromatic nitrogens is 2. The van der Waals surface area contributed by atoms with E-state index < -0.39 is 34.3 Å². The van der Waals surface area contributed by atoms with Crippen LogP contribution >= 0.6 is 0 Å². The summed E-state index contributed by atoms with van der Waals surface area (Å²) >= 11 is 0. The number of alkyl halides is 2. The topological polar surface area (TPSA) is 88.6 Å². The van der Waals surface area contributed by atoms with E-state index in [2.05, 4.69) is 5.16 Å². The van der Waals surface area contributed by atoms with Gasteiger partial charge < -0.3 is 19.1 Å². The average molecular weight is 478 g/mol. The number of carbonyl (C=O) groups excluding carboxylic acids is 1. The van der Waals surface area contributed by atoms with Crippen molar-refractivity contribution >= 4 is 5.91 Å². The summed E-state index contributed by atoms with van der Waals surface area (Å²) in [6.45, 7) is 7.72. The molecule has 0 spiro atoms. The zero-order valence-electron chi connectivity index (χ0n) is 20.2. The van der Waals surface area contributed by atoms with Crippen molar-refractivity contribution in [1.29, 1.82) is 0 Å². The van der Waals surface area contributed by atoms with Crippen LogP contribution in [0.15, 0.2) is 39.8 Å². The summed E-state index contributed by atoms with van der Waals surface area (Å²) in [5, 5.41) is 15.2. The number of hydrogen-bond donors (Lipinski definition) is 1. The third-order valence-corrected chi connectivity index (χ3v) is 7.01. The number of halogens is 2. The van der Waals surface area contributed by atoms with Gasteiger partial charge in [0.25, 0.3) is 11.5 Å². The Balaban J connectivity index is 1.56. The van der Waals surface area contributed by atoms with Gasteiger partial charge in [-0.1, -0.05) is 38.9 Å². The summed E-state index contributed by atoms with van der Waals surface area (Å²) in [7, 11) is 0. The van der Waals surface area contributed by atoms with E-state index >= 15 is 8.78 Å². The lowest BCUT2D eigenvalue weighted by molar-refractivity contribution is -0.231. The first-order valence-corrected chi connectivity index (χ1v) is 11.8. The molecular formula is C25H33F2N3O4. The van der Waals surface area contributed by atoms with Crippen LogP contribution in [0.4, 0.5) is 8.78 Å². The first-order chi connectivity index (χ1) is 15.7. The van der Waals surface area contributed by atoms with E-state index in [-0.39, 0.29) is 31.5 Å². The van der Waals surface area contributed by atoms with Crippen LogP contribution in [0, 0.1) is 10.8 Å². The van der Waals surface area contributed by atoms with Crippen molar-refractivity contribution in [1.82, 2.24) is 14.6 Å². The Hall–Kier alpha value is -2.55. The lowest BCUT2D eigenvalue weighted by Crippen LogP contribution is -2.62. The van der Waals surface area contributed by atoms with Crippen molar-refractivity contribution in [2.75, 3.05) is 6.54 Å². The molecule has 7 nitrogen and oxygen atoms in total. The number of aliphatic hydroxyl groups is 1. The summed E-state index contributed by atoms with van der Waals surface area (Å²) in [4.78, 5) is 26.3. The van der Waals surface area contributed by atoms with E-state index in [1.54, 1.807) is 24.4 Å². The Kier molecular flexibility index (Phi) is 5.99. The van der Waals surface area contributed by atoms with E-state index in [1.807, 2.05) is 27.7 Å². The zero-order chi connectivity index (χ0) is 24.9. The smallest absolute Gasteiger partial charge is 0.352 e. The molecule has 0 unspecified atom stereocenters. The van der Waals surface area contributed by atoms with Crippen molar-refractivity contribution in [3.8, 4) is 0 Å². The summed E-state index contributed by atoms with van der Waals surface area (Å²) in [6.07, 6.45) is 3.01. The molecule has 1 aliphatic carbocycles. The largest absolute Gasteiger partial charge is 0.383 e. The third-order valence-electron chi connectivity index (χ3n) is 7.01. The fraction of sp³-hybridized carbons (Fsp3) is 0.640. The first kappa shape index (κ1) is 24.6. The van der Waals surface area contributed by atoms with Crippen molar-refractivity contribution in [2.24, 2.45) is 10.8 Å². The Labute approximate surface area is 197 Å². The molecule has 186 valence electrons. The van der Waals surface area contributed by atoms with Gasteiger partial charge in [0.2, 0.25) is 0 Å². The van der Waals surface area contributed by atoms with Crippen LogP contribution in [0.25, 0.3) is 0 Å². The molecule has 1 saturated heterocycles. The minimum Gasteiger partial charge on any atom is -0.383 e. The summed E-state index contributed by atoms with van der Waals surface area (Å²) in [6, 6.07) is 5.72. The van der Waals surface area contributed by atoms with Gasteiger partial charge in [0.05, 0.1) is 12.6 Å². The second kappa shape index (κ2) is 8.29. The normalized spacial score (nSPS) is 23.7. The van der Waals surface area contributed by atoms with Gasteiger partial charge in [-0.3, -0.25) is 9.59 Å². The van der Waals surface area contributed by atoms with Crippen molar-refractivity contribution < 1.29 is 23.2 Å². The maximum Gasteiger partial charge on any atom is 0.352 e. The number of likely N-dealkylation sites (tertiary alicyclic amines) is 1. The van der Waals surface area contributed by atoms with E-state index in [9.17, 15) is 14.7 Å². The van der Waals surface area contributed by atoms with Gasteiger partial charge in [-0.15, -0.1) is 0 Å². The summed E-state index contributed by atoms with van der Waals surface area (Å²) in [5.74, 6) is -4.91. The Morgan fingerprint density at radius 2 is 1.88 bits per heavy atom. The molecule has 1 saturated carbocycles. The number of hydrogen-bond acceptors (Lipinski definition) is 5. The predicted molar refractivity (Wildman–Crippen MR) is 121 cm³/mol. The molecule has 0 radical (unpaired) electrons. The molecule has 2 aliphatic rings. The van der Waals surface area contributed by atoms with Crippen molar-refractivity contribution in [3.63, 3.8) is 0 Å². The van der Waals surface area contributed by atoms with Crippen LogP contribution in [0.5, 0.6) is 0 Å². The number of rotatable bonds is 5. The molecule has 9 heteroatoms. The van der Waals surface area contributed by atoms with Crippen LogP contribution in [0.3, 0.4) is 0 Å². The lowest BCUT2D eigenvalue weighted by Gasteiger charge is -2.51. The molecule has 1 aliphatic heterocycles. The van der Waals surface area contributed by atoms with Gasteiger partial charge in [-0.25, -0.2) is 0 Å². The van der Waals surface area contributed by atoms with Gasteiger partial charge in [-0.05, 0) is 49.0 Å². The molecule has 3 heterocycles. The highest BCUT2D eigenvalue weighted by atomic mass is 19.3. The minimum atomic E-state index is -3.94. The minimum absolute atomic E-state index is 0.146. The first-order valence-electron chi connectivity index (χ1n) is 11.8. The van der Waals surface area contributed by atoms with Gasteiger partial charge in [0, 0.05) is 24.9 Å². The Morgan fingerprint density at radius 1 is 1.21 bits per heavy atom. The fourth-order valence-electron chi connectivity index (χ4n) is 6.30. The molecule has 4 rings (SSSR count). The van der Waals surface area contributed by atoms with Gasteiger partial charge in [-0.2, -0.15) is 8.78 Å². The van der Waals surface area contributed by atoms with E-state index in [1.165, 1.54) is 10.6 Å². The van der Waals surface area contributed by atoms with Crippen LogP contribution < -0.4 is 5.56 Å². The highest BCUT2D eigenvalue weighted by Crippen LogP contribution is 2.55. The number of nitrogens with zero attached hydrogens (tertiary/aromatic N) is 3. The van der Waals surface area contributed by atoms with Crippen molar-refractivity contribution in [2.45, 2.75) is 83.9 Å². The molecule has 1 N–H and O–H groups in total. The zero-order valence-corrected chi connectivity index (χ0v) is 20.2. The second-order valence-electron chi connectivity index (χ2n) is 11.5. The lowest BCUT2D eigenvalue weighted by atomic mass is 9.58. The van der Waals surface area contributed by atoms with E-state index in [0.717, 1.165) is 4.90 Å². The van der Waals surface area contributed by atoms with Crippen molar-refractivity contribution in [3.05, 3.63) is 52.3 Å². The van der Waals surface area contributed by atoms with Crippen LogP contribution in [-0.2, 0) is 11.3 Å². The second-order valence-corrected chi connectivity index (χ2v) is 11.5. The van der Waals surface area contributed by atoms with Crippen LogP contribution in [0.1, 0.15) is 77.3 Å². The monoisotopic (exact) mass is 477 g/mol. The Bertz CT molecular complexity index is 1110. The number of pyridine rings is 1. The van der Waals surface area contributed by atoms with Crippen LogP contribution in [-0.4, -0.2) is 43.7 Å². The predicted octanol–water partition coefficient (Wildman–Crippen LogP) is 4.15. The van der Waals surface area contributed by atoms with Gasteiger partial charge in [0.15, 0.2) is 5.76 Å². The maximum absolute atomic E-state index is 15.7. The highest BCUT2D eigenvalue weighted by molar-refractivity contribution is 5.85. The summed E-state index contributed by atoms with van der Waals surface area (Å²) < 4.78 is 38.3. The molecule has 1 atom stereocenters. The molecule has 0 aromatic carbocycles. The SMILES string of the molecule is CC1(C)CC(C)(C)CC(O)(C(F)(F)C(=O)N2CCC[C@H]2c2cc(Cn3ccccc3=O)on2)C1. The number of carbonyl (C=O) groups is 1.